The summed E-state index contributed by atoms with van der Waals surface area (Å²) < 4.78 is 18.5. The summed E-state index contributed by atoms with van der Waals surface area (Å²) in [4.78, 5) is 7.49. The molecule has 2 N–H and O–H groups in total. The van der Waals surface area contributed by atoms with Crippen LogP contribution in [0.5, 0.6) is 5.75 Å². The Labute approximate surface area is 89.8 Å². The number of benzene rings is 1. The minimum Gasteiger partial charge on any atom is -0.494 e. The Morgan fingerprint density at radius 2 is 2.13 bits per heavy atom. The van der Waals surface area contributed by atoms with Crippen LogP contribution in [0.2, 0.25) is 5.28 Å². The molecule has 15 heavy (non-hydrogen) atoms. The molecule has 2 rings (SSSR count). The SMILES string of the molecule is COc1ccc2c(N)nc(Cl)nc2c1F. The van der Waals surface area contributed by atoms with Gasteiger partial charge in [0.2, 0.25) is 5.28 Å². The number of nitrogen functional groups attached to an aromatic ring is 1. The molecule has 1 aromatic carbocycles. The number of nitrogens with two attached hydrogens (primary N) is 1. The molecular weight excluding hydrogens is 221 g/mol. The molecule has 0 spiro atoms. The molecule has 0 radical (unpaired) electrons. The topological polar surface area (TPSA) is 61.0 Å². The zero-order chi connectivity index (χ0) is 11.0. The number of aromatic nitrogens is 2. The number of hydrogen-bond acceptors (Lipinski definition) is 4. The van der Waals surface area contributed by atoms with Crippen LogP contribution in [0.15, 0.2) is 12.1 Å². The largest absolute Gasteiger partial charge is 0.494 e. The van der Waals surface area contributed by atoms with E-state index in [0.29, 0.717) is 5.39 Å². The van der Waals surface area contributed by atoms with Crippen LogP contribution < -0.4 is 10.5 Å². The summed E-state index contributed by atoms with van der Waals surface area (Å²) in [6.45, 7) is 0. The monoisotopic (exact) mass is 227 g/mol. The molecule has 1 aromatic heterocycles. The first-order valence-corrected chi connectivity index (χ1v) is 4.46. The maximum absolute atomic E-state index is 13.7. The summed E-state index contributed by atoms with van der Waals surface area (Å²) in [7, 11) is 1.37. The fourth-order valence-corrected chi connectivity index (χ4v) is 1.47. The minimum absolute atomic E-state index is 0.0619. The number of fused-ring (bicyclic) bond motifs is 1. The molecule has 0 amide bonds. The van der Waals surface area contributed by atoms with Gasteiger partial charge in [0.05, 0.1) is 7.11 Å². The van der Waals surface area contributed by atoms with E-state index in [2.05, 4.69) is 9.97 Å². The normalized spacial score (nSPS) is 10.6. The van der Waals surface area contributed by atoms with E-state index in [9.17, 15) is 4.39 Å². The first kappa shape index (κ1) is 9.92. The fraction of sp³-hybridized carbons (Fsp3) is 0.111. The van der Waals surface area contributed by atoms with Gasteiger partial charge in [0.1, 0.15) is 11.3 Å². The van der Waals surface area contributed by atoms with Gasteiger partial charge in [-0.2, -0.15) is 0 Å². The van der Waals surface area contributed by atoms with Crippen molar-refractivity contribution in [2.75, 3.05) is 12.8 Å². The number of hydrogen-bond donors (Lipinski definition) is 1. The van der Waals surface area contributed by atoms with Gasteiger partial charge in [-0.15, -0.1) is 0 Å². The molecule has 4 nitrogen and oxygen atoms in total. The smallest absolute Gasteiger partial charge is 0.225 e. The van der Waals surface area contributed by atoms with Crippen molar-refractivity contribution in [1.82, 2.24) is 9.97 Å². The summed E-state index contributed by atoms with van der Waals surface area (Å²) in [5.74, 6) is -0.353. The number of ether oxygens (including phenoxy) is 1. The quantitative estimate of drug-likeness (QED) is 0.757. The Morgan fingerprint density at radius 1 is 1.40 bits per heavy atom. The van der Waals surface area contributed by atoms with Gasteiger partial charge in [-0.25, -0.2) is 14.4 Å². The lowest BCUT2D eigenvalue weighted by Gasteiger charge is -2.06. The van der Waals surface area contributed by atoms with Crippen molar-refractivity contribution in [3.8, 4) is 5.75 Å². The second-order valence-electron chi connectivity index (χ2n) is 2.86. The predicted molar refractivity (Wildman–Crippen MR) is 55.5 cm³/mol. The van der Waals surface area contributed by atoms with E-state index in [1.807, 2.05) is 0 Å². The van der Waals surface area contributed by atoms with Crippen molar-refractivity contribution in [2.24, 2.45) is 0 Å². The van der Waals surface area contributed by atoms with E-state index in [0.717, 1.165) is 0 Å². The van der Waals surface area contributed by atoms with Crippen molar-refractivity contribution in [1.29, 1.82) is 0 Å². The molecule has 6 heteroatoms. The van der Waals surface area contributed by atoms with Crippen molar-refractivity contribution in [2.45, 2.75) is 0 Å². The lowest BCUT2D eigenvalue weighted by molar-refractivity contribution is 0.388. The first-order chi connectivity index (χ1) is 7.13. The zero-order valence-corrected chi connectivity index (χ0v) is 8.55. The van der Waals surface area contributed by atoms with E-state index in [-0.39, 0.29) is 22.4 Å². The highest BCUT2D eigenvalue weighted by Gasteiger charge is 2.12. The van der Waals surface area contributed by atoms with Crippen LogP contribution in [0.3, 0.4) is 0 Å². The molecule has 0 fully saturated rings. The Bertz CT molecular complexity index is 532. The third kappa shape index (κ3) is 1.55. The van der Waals surface area contributed by atoms with Gasteiger partial charge in [0, 0.05) is 5.39 Å². The van der Waals surface area contributed by atoms with Crippen molar-refractivity contribution >= 4 is 28.3 Å². The molecule has 0 unspecified atom stereocenters. The molecule has 0 aliphatic rings. The van der Waals surface area contributed by atoms with E-state index in [1.165, 1.54) is 13.2 Å². The molecule has 0 atom stereocenters. The lowest BCUT2D eigenvalue weighted by Crippen LogP contribution is -1.98. The molecule has 2 aromatic rings. The number of rotatable bonds is 1. The maximum atomic E-state index is 13.7. The van der Waals surface area contributed by atoms with Crippen LogP contribution in [0.25, 0.3) is 10.9 Å². The summed E-state index contributed by atoms with van der Waals surface area (Å²) >= 11 is 5.58. The number of anilines is 1. The molecular formula is C9H7ClFN3O. The summed E-state index contributed by atoms with van der Waals surface area (Å²) in [6, 6.07) is 3.05. The molecule has 0 saturated heterocycles. The van der Waals surface area contributed by atoms with E-state index >= 15 is 0 Å². The van der Waals surface area contributed by atoms with Gasteiger partial charge >= 0.3 is 0 Å². The van der Waals surface area contributed by atoms with E-state index in [4.69, 9.17) is 22.1 Å². The Morgan fingerprint density at radius 3 is 2.80 bits per heavy atom. The standard InChI is InChI=1S/C9H7ClFN3O/c1-15-5-3-2-4-7(6(5)11)13-9(10)14-8(4)12/h2-3H,1H3,(H2,12,13,14). The van der Waals surface area contributed by atoms with Crippen molar-refractivity contribution < 1.29 is 9.13 Å². The number of halogens is 2. The van der Waals surface area contributed by atoms with E-state index in [1.54, 1.807) is 6.07 Å². The Hall–Kier alpha value is -1.62. The van der Waals surface area contributed by atoms with Crippen molar-refractivity contribution in [3.05, 3.63) is 23.2 Å². The van der Waals surface area contributed by atoms with Gasteiger partial charge in [-0.05, 0) is 23.7 Å². The van der Waals surface area contributed by atoms with Gasteiger partial charge in [0.15, 0.2) is 11.6 Å². The molecule has 1 heterocycles. The Kier molecular flexibility index (Phi) is 2.32. The molecule has 0 saturated carbocycles. The highest BCUT2D eigenvalue weighted by molar-refractivity contribution is 6.28. The molecule has 0 aliphatic heterocycles. The van der Waals surface area contributed by atoms with Gasteiger partial charge in [-0.1, -0.05) is 0 Å². The van der Waals surface area contributed by atoms with Crippen LogP contribution in [0.1, 0.15) is 0 Å². The summed E-state index contributed by atoms with van der Waals surface area (Å²) in [6.07, 6.45) is 0. The second kappa shape index (κ2) is 3.51. The van der Waals surface area contributed by atoms with Gasteiger partial charge < -0.3 is 10.5 Å². The van der Waals surface area contributed by atoms with Gasteiger partial charge in [0.25, 0.3) is 0 Å². The average Bonchev–Trinajstić information content (AvgIpc) is 2.19. The van der Waals surface area contributed by atoms with Gasteiger partial charge in [-0.3, -0.25) is 0 Å². The summed E-state index contributed by atoms with van der Waals surface area (Å²) in [5, 5.41) is 0.324. The second-order valence-corrected chi connectivity index (χ2v) is 3.19. The van der Waals surface area contributed by atoms with Crippen LogP contribution in [-0.4, -0.2) is 17.1 Å². The van der Waals surface area contributed by atoms with E-state index < -0.39 is 5.82 Å². The van der Waals surface area contributed by atoms with Crippen LogP contribution in [0, 0.1) is 5.82 Å². The Balaban J connectivity index is 2.86. The fourth-order valence-electron chi connectivity index (χ4n) is 1.30. The highest BCUT2D eigenvalue weighted by atomic mass is 35.5. The summed E-state index contributed by atoms with van der Waals surface area (Å²) in [5.41, 5.74) is 5.64. The first-order valence-electron chi connectivity index (χ1n) is 4.08. The third-order valence-electron chi connectivity index (χ3n) is 1.99. The van der Waals surface area contributed by atoms with Crippen LogP contribution in [-0.2, 0) is 0 Å². The lowest BCUT2D eigenvalue weighted by atomic mass is 10.2. The van der Waals surface area contributed by atoms with Crippen LogP contribution >= 0.6 is 11.6 Å². The predicted octanol–water partition coefficient (Wildman–Crippen LogP) is 2.01. The molecule has 0 aliphatic carbocycles. The highest BCUT2D eigenvalue weighted by Crippen LogP contribution is 2.28. The third-order valence-corrected chi connectivity index (χ3v) is 2.16. The average molecular weight is 228 g/mol. The molecule has 78 valence electrons. The minimum atomic E-state index is -0.592. The maximum Gasteiger partial charge on any atom is 0.225 e. The zero-order valence-electron chi connectivity index (χ0n) is 7.79. The number of methoxy groups -OCH3 is 1. The van der Waals surface area contributed by atoms with Crippen LogP contribution in [0.4, 0.5) is 10.2 Å². The van der Waals surface area contributed by atoms with Crippen molar-refractivity contribution in [3.63, 3.8) is 0 Å². The molecule has 0 bridgehead atoms. The number of nitrogens with zero attached hydrogens (tertiary/aromatic N) is 2.